The lowest BCUT2D eigenvalue weighted by atomic mass is 9.91. The number of alkyl halides is 15. The number of carbonyl (C=O) groups excluding carboxylic acids is 1. The maximum absolute atomic E-state index is 13.7. The quantitative estimate of drug-likeness (QED) is 0.0780. The van der Waals surface area contributed by atoms with Crippen LogP contribution in [0.4, 0.5) is 65.9 Å². The first-order valence-electron chi connectivity index (χ1n) is 11.9. The molecule has 0 saturated heterocycles. The largest absolute Gasteiger partial charge is 0.473 e. The van der Waals surface area contributed by atoms with Gasteiger partial charge in [-0.1, -0.05) is 71.1 Å². The standard InChI is InChI=1S/C22H29F15O2/c1-2-3-4-5-6-7-8-9-10-11-12-13-15(38)39-22(36,37)21(34,35)20(32,33)19(30,31)18(28,29)17(26,27)16(24,25)14-23/h2-14H2,1H3. The Kier molecular flexibility index (Phi) is 13.3. The molecule has 0 aromatic heterocycles. The Bertz CT molecular complexity index is 754. The molecule has 0 heterocycles. The third-order valence-corrected chi connectivity index (χ3v) is 5.80. The summed E-state index contributed by atoms with van der Waals surface area (Å²) in [4.78, 5) is 11.4. The average Bonchev–Trinajstić information content (AvgIpc) is 2.81. The number of unbranched alkanes of at least 4 members (excludes halogenated alkanes) is 10. The predicted octanol–water partition coefficient (Wildman–Crippen LogP) is 9.60. The average molecular weight is 610 g/mol. The summed E-state index contributed by atoms with van der Waals surface area (Å²) in [5.74, 6) is -49.5. The molecular formula is C22H29F15O2. The van der Waals surface area contributed by atoms with Gasteiger partial charge in [0.05, 0.1) is 0 Å². The van der Waals surface area contributed by atoms with E-state index in [9.17, 15) is 70.7 Å². The smallest absolute Gasteiger partial charge is 0.396 e. The van der Waals surface area contributed by atoms with Crippen LogP contribution in [0.5, 0.6) is 0 Å². The summed E-state index contributed by atoms with van der Waals surface area (Å²) in [6.07, 6.45) is -0.272. The van der Waals surface area contributed by atoms with Gasteiger partial charge in [-0.15, -0.1) is 0 Å². The lowest BCUT2D eigenvalue weighted by Crippen LogP contribution is -2.73. The SMILES string of the molecule is CCCCCCCCCCCCCC(=O)OC(F)(F)C(F)(F)C(F)(F)C(F)(F)C(F)(F)C(F)(F)C(F)(F)CF. The third-order valence-electron chi connectivity index (χ3n) is 5.80. The van der Waals surface area contributed by atoms with Crippen molar-refractivity contribution < 1.29 is 75.4 Å². The van der Waals surface area contributed by atoms with Crippen LogP contribution in [0.1, 0.15) is 84.0 Å². The van der Waals surface area contributed by atoms with Crippen molar-refractivity contribution in [2.45, 2.75) is 126 Å². The van der Waals surface area contributed by atoms with Gasteiger partial charge in [-0.05, 0) is 6.42 Å². The van der Waals surface area contributed by atoms with Crippen molar-refractivity contribution in [3.63, 3.8) is 0 Å². The molecule has 2 nitrogen and oxygen atoms in total. The Morgan fingerprint density at radius 1 is 0.513 bits per heavy atom. The lowest BCUT2D eigenvalue weighted by Gasteiger charge is -2.41. The van der Waals surface area contributed by atoms with E-state index in [1.54, 1.807) is 0 Å². The Labute approximate surface area is 214 Å². The summed E-state index contributed by atoms with van der Waals surface area (Å²) in [5, 5.41) is 0. The van der Waals surface area contributed by atoms with Gasteiger partial charge < -0.3 is 4.74 Å². The highest BCUT2D eigenvalue weighted by atomic mass is 19.4. The zero-order valence-corrected chi connectivity index (χ0v) is 20.7. The van der Waals surface area contributed by atoms with Crippen LogP contribution >= 0.6 is 0 Å². The Balaban J connectivity index is 5.22. The van der Waals surface area contributed by atoms with Crippen molar-refractivity contribution in [2.75, 3.05) is 6.67 Å². The second kappa shape index (κ2) is 13.9. The Morgan fingerprint density at radius 2 is 0.846 bits per heavy atom. The molecule has 0 aromatic carbocycles. The van der Waals surface area contributed by atoms with E-state index >= 15 is 0 Å². The molecule has 0 fully saturated rings. The van der Waals surface area contributed by atoms with Crippen LogP contribution in [0.15, 0.2) is 0 Å². The normalized spacial score (nSPS) is 14.6. The van der Waals surface area contributed by atoms with Gasteiger partial charge in [0, 0.05) is 6.42 Å². The van der Waals surface area contributed by atoms with Crippen LogP contribution < -0.4 is 0 Å². The van der Waals surface area contributed by atoms with Crippen molar-refractivity contribution in [3.05, 3.63) is 0 Å². The van der Waals surface area contributed by atoms with Crippen molar-refractivity contribution >= 4 is 5.97 Å². The lowest BCUT2D eigenvalue weighted by molar-refractivity contribution is -0.461. The van der Waals surface area contributed by atoms with E-state index in [2.05, 4.69) is 4.74 Å². The van der Waals surface area contributed by atoms with Crippen molar-refractivity contribution in [2.24, 2.45) is 0 Å². The number of hydrogen-bond donors (Lipinski definition) is 0. The molecule has 0 unspecified atom stereocenters. The fraction of sp³-hybridized carbons (Fsp3) is 0.955. The molecule has 234 valence electrons. The number of carbonyl (C=O) groups is 1. The molecule has 0 rings (SSSR count). The first-order valence-corrected chi connectivity index (χ1v) is 11.9. The number of esters is 1. The first kappa shape index (κ1) is 37.4. The molecule has 0 aromatic rings. The molecule has 39 heavy (non-hydrogen) atoms. The highest BCUT2D eigenvalue weighted by Gasteiger charge is 2.93. The van der Waals surface area contributed by atoms with E-state index in [4.69, 9.17) is 0 Å². The number of ether oxygens (including phenoxy) is 1. The molecular weight excluding hydrogens is 581 g/mol. The molecule has 0 spiro atoms. The summed E-state index contributed by atoms with van der Waals surface area (Å²) in [7, 11) is 0. The molecule has 0 amide bonds. The maximum Gasteiger partial charge on any atom is 0.473 e. The van der Waals surface area contributed by atoms with E-state index in [0.717, 1.165) is 44.9 Å². The molecule has 0 aliphatic carbocycles. The molecule has 0 aliphatic rings. The molecule has 0 bridgehead atoms. The van der Waals surface area contributed by atoms with Crippen LogP contribution in [-0.4, -0.2) is 54.3 Å². The van der Waals surface area contributed by atoms with Crippen molar-refractivity contribution in [1.82, 2.24) is 0 Å². The van der Waals surface area contributed by atoms with E-state index < -0.39 is 60.7 Å². The van der Waals surface area contributed by atoms with Crippen molar-refractivity contribution in [3.8, 4) is 0 Å². The van der Waals surface area contributed by atoms with E-state index in [-0.39, 0.29) is 12.8 Å². The fourth-order valence-electron chi connectivity index (χ4n) is 3.28. The number of halogens is 15. The van der Waals surface area contributed by atoms with Gasteiger partial charge in [-0.3, -0.25) is 4.79 Å². The summed E-state index contributed by atoms with van der Waals surface area (Å²) in [5.41, 5.74) is 0. The van der Waals surface area contributed by atoms with Gasteiger partial charge in [0.25, 0.3) is 0 Å². The van der Waals surface area contributed by atoms with Gasteiger partial charge in [0.2, 0.25) is 0 Å². The fourth-order valence-corrected chi connectivity index (χ4v) is 3.28. The summed E-state index contributed by atoms with van der Waals surface area (Å²) in [6, 6.07) is 0. The maximum atomic E-state index is 13.7. The van der Waals surface area contributed by atoms with E-state index in [0.29, 0.717) is 12.8 Å². The minimum Gasteiger partial charge on any atom is -0.396 e. The second-order valence-corrected chi connectivity index (χ2v) is 8.99. The Hall–Kier alpha value is -1.58. The summed E-state index contributed by atoms with van der Waals surface area (Å²) < 4.78 is 203. The van der Waals surface area contributed by atoms with Crippen LogP contribution in [0, 0.1) is 0 Å². The highest BCUT2D eigenvalue weighted by Crippen LogP contribution is 2.62. The zero-order valence-electron chi connectivity index (χ0n) is 20.7. The topological polar surface area (TPSA) is 26.3 Å². The molecule has 0 aliphatic heterocycles. The molecule has 0 N–H and O–H groups in total. The van der Waals surface area contributed by atoms with Gasteiger partial charge in [0.1, 0.15) is 0 Å². The van der Waals surface area contributed by atoms with Gasteiger partial charge >= 0.3 is 47.6 Å². The van der Waals surface area contributed by atoms with Crippen LogP contribution in [0.3, 0.4) is 0 Å². The third kappa shape index (κ3) is 8.00. The van der Waals surface area contributed by atoms with Crippen LogP contribution in [0.25, 0.3) is 0 Å². The zero-order chi connectivity index (χ0) is 31.0. The van der Waals surface area contributed by atoms with Crippen molar-refractivity contribution in [1.29, 1.82) is 0 Å². The monoisotopic (exact) mass is 610 g/mol. The van der Waals surface area contributed by atoms with Gasteiger partial charge in [-0.2, -0.15) is 61.5 Å². The van der Waals surface area contributed by atoms with Gasteiger partial charge in [-0.25, -0.2) is 4.39 Å². The predicted molar refractivity (Wildman–Crippen MR) is 108 cm³/mol. The molecule has 0 saturated carbocycles. The second-order valence-electron chi connectivity index (χ2n) is 8.99. The first-order chi connectivity index (χ1) is 17.5. The molecule has 0 radical (unpaired) electrons. The summed E-state index contributed by atoms with van der Waals surface area (Å²) in [6.45, 7) is -1.79. The molecule has 17 heteroatoms. The minimum absolute atomic E-state index is 0.144. The van der Waals surface area contributed by atoms with E-state index in [1.165, 1.54) is 0 Å². The highest BCUT2D eigenvalue weighted by molar-refractivity contribution is 5.69. The van der Waals surface area contributed by atoms with Crippen LogP contribution in [-0.2, 0) is 9.53 Å². The van der Waals surface area contributed by atoms with Crippen LogP contribution in [0.2, 0.25) is 0 Å². The summed E-state index contributed by atoms with van der Waals surface area (Å²) >= 11 is 0. The number of rotatable bonds is 20. The molecule has 0 atom stereocenters. The number of hydrogen-bond acceptors (Lipinski definition) is 2. The van der Waals surface area contributed by atoms with E-state index in [1.807, 2.05) is 6.92 Å². The minimum atomic E-state index is -8.34. The Morgan fingerprint density at radius 3 is 1.23 bits per heavy atom. The van der Waals surface area contributed by atoms with Gasteiger partial charge in [0.15, 0.2) is 6.67 Å².